The van der Waals surface area contributed by atoms with Crippen molar-refractivity contribution >= 4 is 23.8 Å². The lowest BCUT2D eigenvalue weighted by Crippen LogP contribution is -2.11. The van der Waals surface area contributed by atoms with Crippen LogP contribution in [0.1, 0.15) is 31.8 Å². The second-order valence-electron chi connectivity index (χ2n) is 6.20. The first kappa shape index (κ1) is 20.6. The lowest BCUT2D eigenvalue weighted by Gasteiger charge is -2.16. The summed E-state index contributed by atoms with van der Waals surface area (Å²) >= 11 is 0. The van der Waals surface area contributed by atoms with E-state index in [4.69, 9.17) is 9.47 Å². The van der Waals surface area contributed by atoms with Crippen LogP contribution in [0.25, 0.3) is 11.8 Å². The van der Waals surface area contributed by atoms with E-state index >= 15 is 0 Å². The van der Waals surface area contributed by atoms with Gasteiger partial charge < -0.3 is 9.47 Å². The van der Waals surface area contributed by atoms with E-state index in [0.717, 1.165) is 0 Å². The first-order valence-electron chi connectivity index (χ1n) is 9.27. The fourth-order valence-electron chi connectivity index (χ4n) is 2.81. The van der Waals surface area contributed by atoms with Crippen molar-refractivity contribution in [2.45, 2.75) is 0 Å². The van der Waals surface area contributed by atoms with E-state index in [2.05, 4.69) is 13.2 Å². The smallest absolute Gasteiger partial charge is 0.343 e. The number of benzene rings is 3. The second kappa shape index (κ2) is 9.85. The van der Waals surface area contributed by atoms with Crippen LogP contribution < -0.4 is 4.74 Å². The van der Waals surface area contributed by atoms with Gasteiger partial charge in [0.2, 0.25) is 0 Å². The maximum atomic E-state index is 12.6. The fourth-order valence-corrected chi connectivity index (χ4v) is 2.81. The van der Waals surface area contributed by atoms with Crippen LogP contribution >= 0.6 is 0 Å². The predicted octanol–water partition coefficient (Wildman–Crippen LogP) is 5.93. The molecule has 0 bridgehead atoms. The summed E-state index contributed by atoms with van der Waals surface area (Å²) < 4.78 is 11.3. The molecule has 0 spiro atoms. The van der Waals surface area contributed by atoms with Gasteiger partial charge in [0.1, 0.15) is 11.5 Å². The number of hydrogen-bond donors (Lipinski definition) is 0. The van der Waals surface area contributed by atoms with Gasteiger partial charge in [0.25, 0.3) is 0 Å². The van der Waals surface area contributed by atoms with Crippen LogP contribution in [-0.4, -0.2) is 11.9 Å². The van der Waals surface area contributed by atoms with Crippen LogP contribution in [-0.2, 0) is 4.74 Å². The van der Waals surface area contributed by atoms with Gasteiger partial charge in [-0.15, -0.1) is 0 Å². The Hall–Kier alpha value is -4.18. The predicted molar refractivity (Wildman–Crippen MR) is 118 cm³/mol. The number of hydrogen-bond acceptors (Lipinski definition) is 4. The maximum absolute atomic E-state index is 12.6. The van der Waals surface area contributed by atoms with Gasteiger partial charge in [0.05, 0.1) is 16.7 Å². The van der Waals surface area contributed by atoms with Crippen LogP contribution in [0.15, 0.2) is 104 Å². The molecule has 3 aromatic rings. The molecule has 30 heavy (non-hydrogen) atoms. The molecule has 3 aromatic carbocycles. The van der Waals surface area contributed by atoms with Crippen molar-refractivity contribution in [2.75, 3.05) is 0 Å². The Kier molecular flexibility index (Phi) is 6.74. The number of carbonyl (C=O) groups is 2. The van der Waals surface area contributed by atoms with Gasteiger partial charge in [-0.3, -0.25) is 0 Å². The van der Waals surface area contributed by atoms with Crippen LogP contribution in [0.4, 0.5) is 0 Å². The molecule has 0 aliphatic heterocycles. The van der Waals surface area contributed by atoms with Gasteiger partial charge in [-0.25, -0.2) is 9.59 Å². The quantitative estimate of drug-likeness (QED) is 0.215. The highest BCUT2D eigenvalue weighted by atomic mass is 16.5. The Balaban J connectivity index is 2.00. The largest absolute Gasteiger partial charge is 0.422 e. The van der Waals surface area contributed by atoms with Crippen molar-refractivity contribution in [3.8, 4) is 5.75 Å². The summed E-state index contributed by atoms with van der Waals surface area (Å²) in [4.78, 5) is 25.2. The maximum Gasteiger partial charge on any atom is 0.343 e. The number of carbonyl (C=O) groups excluding carboxylic acids is 2. The van der Waals surface area contributed by atoms with E-state index < -0.39 is 11.9 Å². The highest BCUT2D eigenvalue weighted by molar-refractivity contribution is 5.95. The molecular weight excluding hydrogens is 376 g/mol. The summed E-state index contributed by atoms with van der Waals surface area (Å²) in [6.45, 7) is 7.51. The SMILES string of the molecule is C=C/C=C(/OC(=O)c1ccccc1)c1c(C=C)cccc1OC(=O)c1ccccc1. The van der Waals surface area contributed by atoms with Crippen molar-refractivity contribution in [1.29, 1.82) is 0 Å². The molecule has 0 aliphatic rings. The summed E-state index contributed by atoms with van der Waals surface area (Å²) in [6, 6.07) is 22.4. The van der Waals surface area contributed by atoms with Gasteiger partial charge >= 0.3 is 11.9 Å². The van der Waals surface area contributed by atoms with Gasteiger partial charge in [0.15, 0.2) is 0 Å². The molecule has 0 radical (unpaired) electrons. The van der Waals surface area contributed by atoms with Gasteiger partial charge in [-0.2, -0.15) is 0 Å². The normalized spacial score (nSPS) is 10.7. The summed E-state index contributed by atoms with van der Waals surface area (Å²) in [5, 5.41) is 0. The van der Waals surface area contributed by atoms with Crippen LogP contribution in [0, 0.1) is 0 Å². The van der Waals surface area contributed by atoms with E-state index in [9.17, 15) is 9.59 Å². The Morgan fingerprint density at radius 1 is 0.733 bits per heavy atom. The van der Waals surface area contributed by atoms with Crippen molar-refractivity contribution in [2.24, 2.45) is 0 Å². The Bertz CT molecular complexity index is 1100. The molecule has 0 saturated carbocycles. The van der Waals surface area contributed by atoms with Gasteiger partial charge in [0, 0.05) is 0 Å². The molecule has 0 aromatic heterocycles. The number of rotatable bonds is 7. The zero-order valence-corrected chi connectivity index (χ0v) is 16.3. The minimum absolute atomic E-state index is 0.199. The minimum atomic E-state index is -0.539. The third-order valence-corrected chi connectivity index (χ3v) is 4.22. The third kappa shape index (κ3) is 4.80. The van der Waals surface area contributed by atoms with E-state index in [1.807, 2.05) is 12.1 Å². The van der Waals surface area contributed by atoms with Crippen LogP contribution in [0.3, 0.4) is 0 Å². The van der Waals surface area contributed by atoms with E-state index in [1.165, 1.54) is 6.08 Å². The van der Waals surface area contributed by atoms with Crippen LogP contribution in [0.5, 0.6) is 5.75 Å². The van der Waals surface area contributed by atoms with E-state index in [-0.39, 0.29) is 11.5 Å². The average molecular weight is 396 g/mol. The van der Waals surface area contributed by atoms with Gasteiger partial charge in [-0.1, -0.05) is 73.8 Å². The minimum Gasteiger partial charge on any atom is -0.422 e. The average Bonchev–Trinajstić information content (AvgIpc) is 2.79. The van der Waals surface area contributed by atoms with Crippen molar-refractivity contribution < 1.29 is 19.1 Å². The molecule has 0 atom stereocenters. The van der Waals surface area contributed by atoms with E-state index in [1.54, 1.807) is 78.9 Å². The molecule has 0 amide bonds. The first-order valence-corrected chi connectivity index (χ1v) is 9.27. The Morgan fingerprint density at radius 3 is 1.90 bits per heavy atom. The third-order valence-electron chi connectivity index (χ3n) is 4.22. The number of allylic oxidation sites excluding steroid dienone is 2. The molecule has 0 unspecified atom stereocenters. The molecule has 0 saturated heterocycles. The second-order valence-corrected chi connectivity index (χ2v) is 6.20. The van der Waals surface area contributed by atoms with Crippen molar-refractivity contribution in [3.05, 3.63) is 126 Å². The molecule has 3 rings (SSSR count). The fraction of sp³-hybridized carbons (Fsp3) is 0. The molecule has 4 nitrogen and oxygen atoms in total. The molecule has 0 aliphatic carbocycles. The lowest BCUT2D eigenvalue weighted by molar-refractivity contribution is 0.0691. The molecule has 0 fully saturated rings. The molecule has 148 valence electrons. The zero-order valence-electron chi connectivity index (χ0n) is 16.3. The van der Waals surface area contributed by atoms with Crippen LogP contribution in [0.2, 0.25) is 0 Å². The summed E-state index contributed by atoms with van der Waals surface area (Å²) in [5.41, 5.74) is 1.87. The molecule has 0 heterocycles. The monoisotopic (exact) mass is 396 g/mol. The summed E-state index contributed by atoms with van der Waals surface area (Å²) in [5.74, 6) is -0.617. The number of esters is 2. The molecule has 4 heteroatoms. The highest BCUT2D eigenvalue weighted by Crippen LogP contribution is 2.32. The highest BCUT2D eigenvalue weighted by Gasteiger charge is 2.20. The Labute approximate surface area is 175 Å². The lowest BCUT2D eigenvalue weighted by atomic mass is 10.0. The Morgan fingerprint density at radius 2 is 1.33 bits per heavy atom. The van der Waals surface area contributed by atoms with E-state index in [0.29, 0.717) is 22.3 Å². The standard InChI is InChI=1S/C26H20O4/c1-3-12-22(29-25(27)20-13-7-5-8-14-20)24-19(4-2)17-11-18-23(24)30-26(28)21-15-9-6-10-16-21/h3-18H,1-2H2/b22-12+. The first-order chi connectivity index (χ1) is 14.6. The molecular formula is C26H20O4. The topological polar surface area (TPSA) is 52.6 Å². The van der Waals surface area contributed by atoms with Gasteiger partial charge in [-0.05, 0) is 42.0 Å². The number of ether oxygens (including phenoxy) is 2. The van der Waals surface area contributed by atoms with Crippen molar-refractivity contribution in [3.63, 3.8) is 0 Å². The summed E-state index contributed by atoms with van der Waals surface area (Å²) in [6.07, 6.45) is 4.64. The molecule has 0 N–H and O–H groups in total. The van der Waals surface area contributed by atoms with Crippen molar-refractivity contribution in [1.82, 2.24) is 0 Å². The zero-order chi connectivity index (χ0) is 21.3. The summed E-state index contributed by atoms with van der Waals surface area (Å²) in [7, 11) is 0.